The number of likely N-dealkylation sites (tertiary alicyclic amines) is 1. The summed E-state index contributed by atoms with van der Waals surface area (Å²) in [5.74, 6) is 0.860. The molecule has 0 saturated carbocycles. The van der Waals surface area contributed by atoms with Crippen LogP contribution in [0.3, 0.4) is 0 Å². The van der Waals surface area contributed by atoms with E-state index in [0.29, 0.717) is 6.04 Å². The zero-order valence-electron chi connectivity index (χ0n) is 14.9. The number of hydrogen-bond acceptors (Lipinski definition) is 3. The van der Waals surface area contributed by atoms with Crippen LogP contribution < -0.4 is 5.32 Å². The van der Waals surface area contributed by atoms with Gasteiger partial charge in [-0.1, -0.05) is 6.07 Å². The Morgan fingerprint density at radius 1 is 1.33 bits per heavy atom. The quantitative estimate of drug-likeness (QED) is 0.940. The number of hydrogen-bond donors (Lipinski definition) is 1. The first-order valence-electron chi connectivity index (χ1n) is 8.62. The Bertz CT molecular complexity index is 720. The molecule has 1 aliphatic heterocycles. The summed E-state index contributed by atoms with van der Waals surface area (Å²) < 4.78 is 2.03. The van der Waals surface area contributed by atoms with Gasteiger partial charge in [-0.2, -0.15) is 0 Å². The number of aryl methyl sites for hydroxylation is 1. The lowest BCUT2D eigenvalue weighted by molar-refractivity contribution is 0.0936. The molecule has 3 heterocycles. The standard InChI is InChI=1S/C19H26N4O/c1-13(2)22-10-8-16(12-22)21-19(24)17-11-14(3)23(15(17)4)18-7-5-6-9-20-18/h5-7,9,11,13,16H,8,10,12H2,1-4H3,(H,21,24). The highest BCUT2D eigenvalue weighted by molar-refractivity contribution is 5.96. The van der Waals surface area contributed by atoms with Crippen LogP contribution in [0.5, 0.6) is 0 Å². The molecule has 0 aliphatic carbocycles. The Balaban J connectivity index is 1.77. The van der Waals surface area contributed by atoms with Crippen molar-refractivity contribution in [2.24, 2.45) is 0 Å². The molecule has 1 unspecified atom stereocenters. The molecule has 5 nitrogen and oxygen atoms in total. The third kappa shape index (κ3) is 3.22. The number of nitrogens with zero attached hydrogens (tertiary/aromatic N) is 3. The Morgan fingerprint density at radius 3 is 2.75 bits per heavy atom. The molecule has 1 atom stereocenters. The summed E-state index contributed by atoms with van der Waals surface area (Å²) >= 11 is 0. The molecule has 0 radical (unpaired) electrons. The molecule has 5 heteroatoms. The number of pyridine rings is 1. The van der Waals surface area contributed by atoms with Crippen LogP contribution in [0.25, 0.3) is 5.82 Å². The van der Waals surface area contributed by atoms with Crippen LogP contribution in [0.1, 0.15) is 42.0 Å². The molecule has 1 N–H and O–H groups in total. The monoisotopic (exact) mass is 326 g/mol. The van der Waals surface area contributed by atoms with Crippen LogP contribution in [-0.2, 0) is 0 Å². The predicted octanol–water partition coefficient (Wildman–Crippen LogP) is 2.70. The lowest BCUT2D eigenvalue weighted by Crippen LogP contribution is -2.38. The van der Waals surface area contributed by atoms with Gasteiger partial charge in [0.25, 0.3) is 5.91 Å². The summed E-state index contributed by atoms with van der Waals surface area (Å²) in [5.41, 5.74) is 2.69. The van der Waals surface area contributed by atoms with Gasteiger partial charge in [-0.25, -0.2) is 4.98 Å². The van der Waals surface area contributed by atoms with Crippen LogP contribution in [0.15, 0.2) is 30.5 Å². The normalized spacial score (nSPS) is 18.3. The molecular formula is C19H26N4O. The summed E-state index contributed by atoms with van der Waals surface area (Å²) in [7, 11) is 0. The smallest absolute Gasteiger partial charge is 0.253 e. The van der Waals surface area contributed by atoms with Gasteiger partial charge in [-0.3, -0.25) is 9.69 Å². The maximum atomic E-state index is 12.7. The van der Waals surface area contributed by atoms with Gasteiger partial charge < -0.3 is 9.88 Å². The molecule has 0 spiro atoms. The number of carbonyl (C=O) groups is 1. The molecule has 24 heavy (non-hydrogen) atoms. The first-order valence-corrected chi connectivity index (χ1v) is 8.62. The third-order valence-corrected chi connectivity index (χ3v) is 4.84. The van der Waals surface area contributed by atoms with Gasteiger partial charge in [0.1, 0.15) is 5.82 Å². The van der Waals surface area contributed by atoms with Crippen molar-refractivity contribution in [2.75, 3.05) is 13.1 Å². The van der Waals surface area contributed by atoms with Crippen LogP contribution >= 0.6 is 0 Å². The molecule has 1 saturated heterocycles. The van der Waals surface area contributed by atoms with E-state index >= 15 is 0 Å². The molecular weight excluding hydrogens is 300 g/mol. The van der Waals surface area contributed by atoms with E-state index in [1.165, 1.54) is 0 Å². The van der Waals surface area contributed by atoms with E-state index in [1.54, 1.807) is 6.20 Å². The summed E-state index contributed by atoms with van der Waals surface area (Å²) in [6.45, 7) is 10.4. The average molecular weight is 326 g/mol. The highest BCUT2D eigenvalue weighted by Gasteiger charge is 2.27. The van der Waals surface area contributed by atoms with Gasteiger partial charge in [0.2, 0.25) is 0 Å². The van der Waals surface area contributed by atoms with Crippen molar-refractivity contribution in [3.05, 3.63) is 47.4 Å². The third-order valence-electron chi connectivity index (χ3n) is 4.84. The SMILES string of the molecule is Cc1cc(C(=O)NC2CCN(C(C)C)C2)c(C)n1-c1ccccn1. The Morgan fingerprint density at radius 2 is 2.12 bits per heavy atom. The maximum Gasteiger partial charge on any atom is 0.253 e. The molecule has 1 amide bonds. The van der Waals surface area contributed by atoms with E-state index in [1.807, 2.05) is 42.7 Å². The van der Waals surface area contributed by atoms with Crippen LogP contribution in [0.4, 0.5) is 0 Å². The highest BCUT2D eigenvalue weighted by atomic mass is 16.1. The molecule has 3 rings (SSSR count). The number of aromatic nitrogens is 2. The lowest BCUT2D eigenvalue weighted by Gasteiger charge is -2.20. The first-order chi connectivity index (χ1) is 11.5. The zero-order chi connectivity index (χ0) is 17.3. The van der Waals surface area contributed by atoms with Gasteiger partial charge in [0.15, 0.2) is 0 Å². The van der Waals surface area contributed by atoms with Crippen molar-refractivity contribution in [1.82, 2.24) is 19.8 Å². The van der Waals surface area contributed by atoms with Crippen LogP contribution in [0.2, 0.25) is 0 Å². The molecule has 1 aliphatic rings. The predicted molar refractivity (Wildman–Crippen MR) is 95.6 cm³/mol. The van der Waals surface area contributed by atoms with Gasteiger partial charge in [0.05, 0.1) is 5.56 Å². The van der Waals surface area contributed by atoms with Gasteiger partial charge in [-0.15, -0.1) is 0 Å². The maximum absolute atomic E-state index is 12.7. The van der Waals surface area contributed by atoms with Crippen LogP contribution in [0, 0.1) is 13.8 Å². The second-order valence-corrected chi connectivity index (χ2v) is 6.86. The number of nitrogens with one attached hydrogen (secondary N) is 1. The second kappa shape index (κ2) is 6.77. The number of rotatable bonds is 4. The van der Waals surface area contributed by atoms with Crippen molar-refractivity contribution in [2.45, 2.75) is 46.2 Å². The molecule has 0 aromatic carbocycles. The van der Waals surface area contributed by atoms with E-state index in [9.17, 15) is 4.79 Å². The fourth-order valence-corrected chi connectivity index (χ4v) is 3.47. The summed E-state index contributed by atoms with van der Waals surface area (Å²) in [6.07, 6.45) is 2.79. The van der Waals surface area contributed by atoms with Crippen molar-refractivity contribution in [1.29, 1.82) is 0 Å². The minimum Gasteiger partial charge on any atom is -0.348 e. The topological polar surface area (TPSA) is 50.2 Å². The first kappa shape index (κ1) is 16.7. The Labute approximate surface area is 143 Å². The fraction of sp³-hybridized carbons (Fsp3) is 0.474. The van der Waals surface area contributed by atoms with Crippen LogP contribution in [-0.4, -0.2) is 45.5 Å². The van der Waals surface area contributed by atoms with E-state index in [-0.39, 0.29) is 11.9 Å². The molecule has 0 bridgehead atoms. The fourth-order valence-electron chi connectivity index (χ4n) is 3.47. The minimum absolute atomic E-state index is 0.0147. The Hall–Kier alpha value is -2.14. The van der Waals surface area contributed by atoms with E-state index in [0.717, 1.165) is 42.3 Å². The lowest BCUT2D eigenvalue weighted by atomic mass is 10.2. The second-order valence-electron chi connectivity index (χ2n) is 6.86. The van der Waals surface area contributed by atoms with Crippen molar-refractivity contribution in [3.63, 3.8) is 0 Å². The van der Waals surface area contributed by atoms with Crippen molar-refractivity contribution >= 4 is 5.91 Å². The summed E-state index contributed by atoms with van der Waals surface area (Å²) in [4.78, 5) is 19.5. The zero-order valence-corrected chi connectivity index (χ0v) is 14.9. The number of amides is 1. The minimum atomic E-state index is 0.0147. The molecule has 2 aromatic rings. The van der Waals surface area contributed by atoms with E-state index in [4.69, 9.17) is 0 Å². The Kier molecular flexibility index (Phi) is 4.71. The highest BCUT2D eigenvalue weighted by Crippen LogP contribution is 2.20. The molecule has 1 fully saturated rings. The molecule has 2 aromatic heterocycles. The summed E-state index contributed by atoms with van der Waals surface area (Å²) in [5, 5.41) is 3.20. The van der Waals surface area contributed by atoms with Crippen molar-refractivity contribution < 1.29 is 4.79 Å². The van der Waals surface area contributed by atoms with Gasteiger partial charge >= 0.3 is 0 Å². The van der Waals surface area contributed by atoms with Crippen molar-refractivity contribution in [3.8, 4) is 5.82 Å². The van der Waals surface area contributed by atoms with Gasteiger partial charge in [0, 0.05) is 42.8 Å². The van der Waals surface area contributed by atoms with Gasteiger partial charge in [-0.05, 0) is 52.3 Å². The van der Waals surface area contributed by atoms with E-state index in [2.05, 4.69) is 29.0 Å². The number of carbonyl (C=O) groups excluding carboxylic acids is 1. The summed E-state index contributed by atoms with van der Waals surface area (Å²) in [6, 6.07) is 8.53. The van der Waals surface area contributed by atoms with E-state index < -0.39 is 0 Å². The molecule has 128 valence electrons. The largest absolute Gasteiger partial charge is 0.348 e. The average Bonchev–Trinajstić information content (AvgIpc) is 3.13.